The summed E-state index contributed by atoms with van der Waals surface area (Å²) in [5.41, 5.74) is 12.2. The minimum atomic E-state index is -0.185. The van der Waals surface area contributed by atoms with E-state index >= 15 is 0 Å². The average Bonchev–Trinajstić information content (AvgIpc) is 2.31. The van der Waals surface area contributed by atoms with Crippen molar-refractivity contribution < 1.29 is 0 Å². The summed E-state index contributed by atoms with van der Waals surface area (Å²) in [6.45, 7) is 6.27. The van der Waals surface area contributed by atoms with Crippen LogP contribution in [-0.4, -0.2) is 0 Å². The number of hydrogen-bond donors (Lipinski definition) is 1. The van der Waals surface area contributed by atoms with Gasteiger partial charge in [0.1, 0.15) is 0 Å². The zero-order valence-electron chi connectivity index (χ0n) is 11.3. The van der Waals surface area contributed by atoms with E-state index in [0.29, 0.717) is 10.0 Å². The molecule has 1 nitrogen and oxygen atoms in total. The number of hydrogen-bond acceptors (Lipinski definition) is 1. The van der Waals surface area contributed by atoms with Crippen molar-refractivity contribution in [3.05, 3.63) is 68.2 Å². The maximum Gasteiger partial charge on any atom is 0.0595 e. The quantitative estimate of drug-likeness (QED) is 0.831. The van der Waals surface area contributed by atoms with Crippen molar-refractivity contribution in [2.45, 2.75) is 26.8 Å². The average molecular weight is 294 g/mol. The first-order valence-electron chi connectivity index (χ1n) is 6.18. The lowest BCUT2D eigenvalue weighted by atomic mass is 9.90. The summed E-state index contributed by atoms with van der Waals surface area (Å²) >= 11 is 12.0. The van der Waals surface area contributed by atoms with Crippen LogP contribution in [0, 0.1) is 20.8 Å². The van der Waals surface area contributed by atoms with E-state index in [2.05, 4.69) is 32.9 Å². The van der Waals surface area contributed by atoms with E-state index in [0.717, 1.165) is 11.1 Å². The smallest absolute Gasteiger partial charge is 0.0595 e. The molecule has 0 radical (unpaired) electrons. The molecule has 2 N–H and O–H groups in total. The highest BCUT2D eigenvalue weighted by Gasteiger charge is 2.15. The van der Waals surface area contributed by atoms with Gasteiger partial charge in [0.05, 0.1) is 16.1 Å². The minimum absolute atomic E-state index is 0.185. The van der Waals surface area contributed by atoms with Gasteiger partial charge in [-0.15, -0.1) is 0 Å². The van der Waals surface area contributed by atoms with Gasteiger partial charge >= 0.3 is 0 Å². The first-order chi connectivity index (χ1) is 8.90. The first kappa shape index (κ1) is 14.4. The second-order valence-electron chi connectivity index (χ2n) is 4.96. The van der Waals surface area contributed by atoms with Crippen molar-refractivity contribution in [3.63, 3.8) is 0 Å². The molecular formula is C16H17Cl2N. The third kappa shape index (κ3) is 2.94. The molecule has 2 rings (SSSR count). The molecule has 0 amide bonds. The van der Waals surface area contributed by atoms with Crippen LogP contribution in [-0.2, 0) is 0 Å². The van der Waals surface area contributed by atoms with E-state index in [1.807, 2.05) is 12.1 Å². The Morgan fingerprint density at radius 2 is 1.47 bits per heavy atom. The predicted molar refractivity (Wildman–Crippen MR) is 83.1 cm³/mol. The van der Waals surface area contributed by atoms with Gasteiger partial charge in [0.15, 0.2) is 0 Å². The van der Waals surface area contributed by atoms with Gasteiger partial charge in [0.25, 0.3) is 0 Å². The van der Waals surface area contributed by atoms with Crippen molar-refractivity contribution in [1.82, 2.24) is 0 Å². The molecule has 0 aliphatic carbocycles. The van der Waals surface area contributed by atoms with Gasteiger partial charge in [-0.2, -0.15) is 0 Å². The van der Waals surface area contributed by atoms with Crippen molar-refractivity contribution in [1.29, 1.82) is 0 Å². The molecule has 1 unspecified atom stereocenters. The fourth-order valence-corrected chi connectivity index (χ4v) is 2.86. The molecule has 2 aromatic carbocycles. The molecule has 0 saturated carbocycles. The number of rotatable bonds is 2. The molecule has 2 aromatic rings. The number of halogens is 2. The monoisotopic (exact) mass is 293 g/mol. The second kappa shape index (κ2) is 5.54. The minimum Gasteiger partial charge on any atom is -0.320 e. The molecule has 0 bridgehead atoms. The summed E-state index contributed by atoms with van der Waals surface area (Å²) in [5, 5.41) is 1.09. The lowest BCUT2D eigenvalue weighted by molar-refractivity contribution is 0.850. The van der Waals surface area contributed by atoms with Crippen molar-refractivity contribution in [2.24, 2.45) is 5.73 Å². The first-order valence-corrected chi connectivity index (χ1v) is 6.94. The van der Waals surface area contributed by atoms with Gasteiger partial charge in [0.2, 0.25) is 0 Å². The molecule has 1 atom stereocenters. The summed E-state index contributed by atoms with van der Waals surface area (Å²) in [4.78, 5) is 0. The molecule has 0 spiro atoms. The van der Waals surface area contributed by atoms with E-state index in [1.165, 1.54) is 16.7 Å². The molecular weight excluding hydrogens is 277 g/mol. The Balaban J connectivity index is 2.49. The van der Waals surface area contributed by atoms with Crippen LogP contribution in [0.5, 0.6) is 0 Å². The number of nitrogens with two attached hydrogens (primary N) is 1. The van der Waals surface area contributed by atoms with Crippen molar-refractivity contribution in [2.75, 3.05) is 0 Å². The van der Waals surface area contributed by atoms with Crippen LogP contribution in [0.25, 0.3) is 0 Å². The molecule has 0 fully saturated rings. The Morgan fingerprint density at radius 1 is 0.895 bits per heavy atom. The number of benzene rings is 2. The normalized spacial score (nSPS) is 12.5. The highest BCUT2D eigenvalue weighted by molar-refractivity contribution is 6.42. The summed E-state index contributed by atoms with van der Waals surface area (Å²) in [5.74, 6) is 0. The van der Waals surface area contributed by atoms with Crippen LogP contribution in [0.15, 0.2) is 30.3 Å². The van der Waals surface area contributed by atoms with Gasteiger partial charge in [-0.3, -0.25) is 0 Å². The van der Waals surface area contributed by atoms with Gasteiger partial charge < -0.3 is 5.73 Å². The molecule has 0 aromatic heterocycles. The van der Waals surface area contributed by atoms with Gasteiger partial charge in [-0.1, -0.05) is 47.0 Å². The van der Waals surface area contributed by atoms with Crippen LogP contribution >= 0.6 is 23.2 Å². The van der Waals surface area contributed by atoms with Crippen molar-refractivity contribution in [3.8, 4) is 0 Å². The second-order valence-corrected chi connectivity index (χ2v) is 5.78. The highest BCUT2D eigenvalue weighted by atomic mass is 35.5. The molecule has 0 aliphatic rings. The maximum atomic E-state index is 6.39. The van der Waals surface area contributed by atoms with Crippen LogP contribution < -0.4 is 5.73 Å². The molecule has 3 heteroatoms. The lowest BCUT2D eigenvalue weighted by Gasteiger charge is -2.19. The fraction of sp³-hybridized carbons (Fsp3) is 0.250. The Labute approximate surface area is 124 Å². The molecule has 0 saturated heterocycles. The maximum absolute atomic E-state index is 6.39. The van der Waals surface area contributed by atoms with Crippen LogP contribution in [0.2, 0.25) is 10.0 Å². The zero-order chi connectivity index (χ0) is 14.2. The molecule has 0 aliphatic heterocycles. The van der Waals surface area contributed by atoms with E-state index in [-0.39, 0.29) is 6.04 Å². The third-order valence-electron chi connectivity index (χ3n) is 3.35. The molecule has 100 valence electrons. The SMILES string of the molecule is Cc1cc(C)c(C(N)c2ccc(Cl)c(Cl)c2)c(C)c1. The zero-order valence-corrected chi connectivity index (χ0v) is 12.8. The van der Waals surface area contributed by atoms with Gasteiger partial charge in [0, 0.05) is 0 Å². The number of aryl methyl sites for hydroxylation is 3. The Bertz CT molecular complexity index is 597. The van der Waals surface area contributed by atoms with Crippen LogP contribution in [0.4, 0.5) is 0 Å². The molecule has 19 heavy (non-hydrogen) atoms. The summed E-state index contributed by atoms with van der Waals surface area (Å²) in [6.07, 6.45) is 0. The standard InChI is InChI=1S/C16H17Cl2N/c1-9-6-10(2)15(11(3)7-9)16(19)12-4-5-13(17)14(18)8-12/h4-8,16H,19H2,1-3H3. The Kier molecular flexibility index (Phi) is 4.19. The summed E-state index contributed by atoms with van der Waals surface area (Å²) in [6, 6.07) is 9.68. The summed E-state index contributed by atoms with van der Waals surface area (Å²) in [7, 11) is 0. The topological polar surface area (TPSA) is 26.0 Å². The van der Waals surface area contributed by atoms with E-state index < -0.39 is 0 Å². The largest absolute Gasteiger partial charge is 0.320 e. The fourth-order valence-electron chi connectivity index (χ4n) is 2.55. The van der Waals surface area contributed by atoms with E-state index in [4.69, 9.17) is 28.9 Å². The predicted octanol–water partition coefficient (Wildman–Crippen LogP) is 4.97. The van der Waals surface area contributed by atoms with Gasteiger partial charge in [-0.25, -0.2) is 0 Å². The lowest BCUT2D eigenvalue weighted by Crippen LogP contribution is -2.15. The summed E-state index contributed by atoms with van der Waals surface area (Å²) < 4.78 is 0. The Morgan fingerprint density at radius 3 is 2.00 bits per heavy atom. The van der Waals surface area contributed by atoms with Crippen molar-refractivity contribution >= 4 is 23.2 Å². The Hall–Kier alpha value is -1.02. The van der Waals surface area contributed by atoms with E-state index in [1.54, 1.807) is 6.07 Å². The highest BCUT2D eigenvalue weighted by Crippen LogP contribution is 2.30. The van der Waals surface area contributed by atoms with Gasteiger partial charge in [-0.05, 0) is 55.2 Å². The van der Waals surface area contributed by atoms with E-state index in [9.17, 15) is 0 Å². The van der Waals surface area contributed by atoms with Crippen LogP contribution in [0.3, 0.4) is 0 Å². The third-order valence-corrected chi connectivity index (χ3v) is 4.09. The van der Waals surface area contributed by atoms with Crippen LogP contribution in [0.1, 0.15) is 33.9 Å². The molecule has 0 heterocycles.